The van der Waals surface area contributed by atoms with Crippen LogP contribution in [-0.4, -0.2) is 28.8 Å². The summed E-state index contributed by atoms with van der Waals surface area (Å²) < 4.78 is 5.26. The van der Waals surface area contributed by atoms with Gasteiger partial charge in [-0.25, -0.2) is 4.98 Å². The standard InChI is InChI=1S/C13H22N2O2/c1-4-13(16,5-2)10-15-11-7-8-12(14-9-11)17-6-3/h7-9,15-16H,4-6,10H2,1-3H3. The zero-order valence-corrected chi connectivity index (χ0v) is 10.9. The van der Waals surface area contributed by atoms with E-state index in [1.165, 1.54) is 0 Å². The average molecular weight is 238 g/mol. The molecule has 0 saturated heterocycles. The zero-order valence-electron chi connectivity index (χ0n) is 10.9. The van der Waals surface area contributed by atoms with Crippen molar-refractivity contribution >= 4 is 5.69 Å². The zero-order chi connectivity index (χ0) is 12.7. The molecule has 0 radical (unpaired) electrons. The third kappa shape index (κ3) is 4.23. The van der Waals surface area contributed by atoms with Gasteiger partial charge < -0.3 is 15.2 Å². The molecule has 0 amide bonds. The van der Waals surface area contributed by atoms with Crippen molar-refractivity contribution < 1.29 is 9.84 Å². The monoisotopic (exact) mass is 238 g/mol. The molecule has 0 unspecified atom stereocenters. The highest BCUT2D eigenvalue weighted by Gasteiger charge is 2.21. The van der Waals surface area contributed by atoms with Gasteiger partial charge in [-0.2, -0.15) is 0 Å². The summed E-state index contributed by atoms with van der Waals surface area (Å²) in [6.07, 6.45) is 3.19. The van der Waals surface area contributed by atoms with E-state index in [4.69, 9.17) is 4.74 Å². The van der Waals surface area contributed by atoms with Crippen LogP contribution in [0.25, 0.3) is 0 Å². The number of nitrogens with zero attached hydrogens (tertiary/aromatic N) is 1. The minimum Gasteiger partial charge on any atom is -0.478 e. The maximum absolute atomic E-state index is 10.1. The van der Waals surface area contributed by atoms with Gasteiger partial charge in [0.2, 0.25) is 5.88 Å². The normalized spacial score (nSPS) is 11.3. The summed E-state index contributed by atoms with van der Waals surface area (Å²) in [6.45, 7) is 7.06. The van der Waals surface area contributed by atoms with E-state index >= 15 is 0 Å². The second-order valence-corrected chi connectivity index (χ2v) is 4.10. The Balaban J connectivity index is 2.52. The third-order valence-corrected chi connectivity index (χ3v) is 2.97. The second-order valence-electron chi connectivity index (χ2n) is 4.10. The van der Waals surface area contributed by atoms with Gasteiger partial charge in [0.15, 0.2) is 0 Å². The summed E-state index contributed by atoms with van der Waals surface area (Å²) in [5.41, 5.74) is 0.257. The molecular weight excluding hydrogens is 216 g/mol. The molecule has 4 nitrogen and oxygen atoms in total. The first-order valence-electron chi connectivity index (χ1n) is 6.18. The topological polar surface area (TPSA) is 54.4 Å². The number of aliphatic hydroxyl groups is 1. The van der Waals surface area contributed by atoms with E-state index in [-0.39, 0.29) is 0 Å². The van der Waals surface area contributed by atoms with E-state index in [0.717, 1.165) is 18.5 Å². The van der Waals surface area contributed by atoms with Crippen molar-refractivity contribution in [2.45, 2.75) is 39.2 Å². The molecule has 1 heterocycles. The van der Waals surface area contributed by atoms with Gasteiger partial charge in [-0.05, 0) is 25.8 Å². The van der Waals surface area contributed by atoms with Gasteiger partial charge >= 0.3 is 0 Å². The molecule has 4 heteroatoms. The molecular formula is C13H22N2O2. The van der Waals surface area contributed by atoms with E-state index in [2.05, 4.69) is 10.3 Å². The Labute approximate surface area is 103 Å². The molecule has 0 atom stereocenters. The molecule has 96 valence electrons. The summed E-state index contributed by atoms with van der Waals surface area (Å²) in [7, 11) is 0. The van der Waals surface area contributed by atoms with Crippen LogP contribution >= 0.6 is 0 Å². The molecule has 0 fully saturated rings. The van der Waals surface area contributed by atoms with Crippen LogP contribution in [0.5, 0.6) is 5.88 Å². The van der Waals surface area contributed by atoms with Gasteiger partial charge in [-0.15, -0.1) is 0 Å². The first-order valence-corrected chi connectivity index (χ1v) is 6.18. The van der Waals surface area contributed by atoms with Crippen LogP contribution < -0.4 is 10.1 Å². The number of hydrogen-bond donors (Lipinski definition) is 2. The highest BCUT2D eigenvalue weighted by Crippen LogP contribution is 2.17. The summed E-state index contributed by atoms with van der Waals surface area (Å²) in [6, 6.07) is 3.73. The molecule has 0 aliphatic carbocycles. The Kier molecular flexibility index (Phi) is 5.22. The lowest BCUT2D eigenvalue weighted by molar-refractivity contribution is 0.0457. The van der Waals surface area contributed by atoms with Crippen LogP contribution in [0.2, 0.25) is 0 Å². The fourth-order valence-corrected chi connectivity index (χ4v) is 1.48. The predicted octanol–water partition coefficient (Wildman–Crippen LogP) is 2.44. The molecule has 0 bridgehead atoms. The van der Waals surface area contributed by atoms with Gasteiger partial charge in [-0.1, -0.05) is 13.8 Å². The van der Waals surface area contributed by atoms with Crippen molar-refractivity contribution in [2.75, 3.05) is 18.5 Å². The van der Waals surface area contributed by atoms with Crippen LogP contribution in [0.3, 0.4) is 0 Å². The fraction of sp³-hybridized carbons (Fsp3) is 0.615. The van der Waals surface area contributed by atoms with Gasteiger partial charge in [0.25, 0.3) is 0 Å². The highest BCUT2D eigenvalue weighted by molar-refractivity contribution is 5.42. The molecule has 0 spiro atoms. The highest BCUT2D eigenvalue weighted by atomic mass is 16.5. The summed E-state index contributed by atoms with van der Waals surface area (Å²) in [5.74, 6) is 0.624. The van der Waals surface area contributed by atoms with E-state index in [1.807, 2.05) is 32.9 Å². The summed E-state index contributed by atoms with van der Waals surface area (Å²) in [4.78, 5) is 4.15. The molecule has 1 aromatic rings. The number of anilines is 1. The van der Waals surface area contributed by atoms with E-state index in [0.29, 0.717) is 19.0 Å². The number of hydrogen-bond acceptors (Lipinski definition) is 4. The smallest absolute Gasteiger partial charge is 0.213 e. The number of ether oxygens (including phenoxy) is 1. The molecule has 0 aromatic carbocycles. The van der Waals surface area contributed by atoms with Crippen molar-refractivity contribution in [3.05, 3.63) is 18.3 Å². The first-order chi connectivity index (χ1) is 8.13. The minimum atomic E-state index is -0.640. The van der Waals surface area contributed by atoms with Gasteiger partial charge in [0.1, 0.15) is 0 Å². The van der Waals surface area contributed by atoms with Crippen molar-refractivity contribution in [1.29, 1.82) is 0 Å². The SMILES string of the molecule is CCOc1ccc(NCC(O)(CC)CC)cn1. The van der Waals surface area contributed by atoms with Crippen LogP contribution in [0.4, 0.5) is 5.69 Å². The van der Waals surface area contributed by atoms with Crippen LogP contribution in [0.1, 0.15) is 33.6 Å². The quantitative estimate of drug-likeness (QED) is 0.766. The van der Waals surface area contributed by atoms with Crippen molar-refractivity contribution in [3.63, 3.8) is 0 Å². The Morgan fingerprint density at radius 2 is 2.00 bits per heavy atom. The van der Waals surface area contributed by atoms with Gasteiger partial charge in [-0.3, -0.25) is 0 Å². The molecule has 0 aliphatic rings. The minimum absolute atomic E-state index is 0.537. The molecule has 17 heavy (non-hydrogen) atoms. The number of rotatable bonds is 7. The Hall–Kier alpha value is -1.29. The van der Waals surface area contributed by atoms with Gasteiger partial charge in [0.05, 0.1) is 24.1 Å². The lowest BCUT2D eigenvalue weighted by atomic mass is 9.97. The lowest BCUT2D eigenvalue weighted by Crippen LogP contribution is -2.35. The number of nitrogens with one attached hydrogen (secondary N) is 1. The van der Waals surface area contributed by atoms with Gasteiger partial charge in [0, 0.05) is 12.6 Å². The van der Waals surface area contributed by atoms with Crippen LogP contribution in [0, 0.1) is 0 Å². The van der Waals surface area contributed by atoms with E-state index in [1.54, 1.807) is 6.20 Å². The first kappa shape index (κ1) is 13.8. The predicted molar refractivity (Wildman–Crippen MR) is 69.4 cm³/mol. The number of pyridine rings is 1. The fourth-order valence-electron chi connectivity index (χ4n) is 1.48. The summed E-state index contributed by atoms with van der Waals surface area (Å²) in [5, 5.41) is 13.3. The summed E-state index contributed by atoms with van der Waals surface area (Å²) >= 11 is 0. The Morgan fingerprint density at radius 1 is 1.29 bits per heavy atom. The van der Waals surface area contributed by atoms with Crippen LogP contribution in [0.15, 0.2) is 18.3 Å². The number of aromatic nitrogens is 1. The molecule has 0 aliphatic heterocycles. The average Bonchev–Trinajstić information content (AvgIpc) is 2.38. The van der Waals surface area contributed by atoms with E-state index < -0.39 is 5.60 Å². The van der Waals surface area contributed by atoms with Crippen molar-refractivity contribution in [2.24, 2.45) is 0 Å². The molecule has 2 N–H and O–H groups in total. The molecule has 1 rings (SSSR count). The second kappa shape index (κ2) is 6.45. The maximum atomic E-state index is 10.1. The maximum Gasteiger partial charge on any atom is 0.213 e. The Bertz CT molecular complexity index is 321. The molecule has 1 aromatic heterocycles. The van der Waals surface area contributed by atoms with Crippen molar-refractivity contribution in [1.82, 2.24) is 4.98 Å². The van der Waals surface area contributed by atoms with E-state index in [9.17, 15) is 5.11 Å². The van der Waals surface area contributed by atoms with Crippen LogP contribution in [-0.2, 0) is 0 Å². The lowest BCUT2D eigenvalue weighted by Gasteiger charge is -2.25. The van der Waals surface area contributed by atoms with Crippen molar-refractivity contribution in [3.8, 4) is 5.88 Å². The Morgan fingerprint density at radius 3 is 2.47 bits per heavy atom. The third-order valence-electron chi connectivity index (χ3n) is 2.97. The molecule has 0 saturated carbocycles. The largest absolute Gasteiger partial charge is 0.478 e.